The molecule has 1 rings (SSSR count). The van der Waals surface area contributed by atoms with Gasteiger partial charge >= 0.3 is 0 Å². The van der Waals surface area contributed by atoms with Crippen LogP contribution >= 0.6 is 12.6 Å². The minimum Gasteiger partial charge on any atom is -0.327 e. The topological polar surface area (TPSA) is 29.1 Å². The Bertz CT molecular complexity index is 220. The molecule has 1 unspecified atom stereocenters. The number of hydrogen-bond acceptors (Lipinski definition) is 2. The number of allylic oxidation sites excluding steroid dienone is 2. The second-order valence-corrected chi connectivity index (χ2v) is 3.17. The Morgan fingerprint density at radius 3 is 3.00 bits per heavy atom. The smallest absolute Gasteiger partial charge is 0.221 e. The van der Waals surface area contributed by atoms with Crippen molar-refractivity contribution in [3.05, 3.63) is 23.9 Å². The van der Waals surface area contributed by atoms with Crippen LogP contribution in [0.4, 0.5) is 0 Å². The molecule has 0 saturated carbocycles. The van der Waals surface area contributed by atoms with Crippen LogP contribution in [0.2, 0.25) is 0 Å². The Morgan fingerprint density at radius 2 is 2.55 bits per heavy atom. The quantitative estimate of drug-likeness (QED) is 0.569. The van der Waals surface area contributed by atoms with Crippen molar-refractivity contribution < 1.29 is 4.79 Å². The van der Waals surface area contributed by atoms with Gasteiger partial charge in [-0.05, 0) is 12.5 Å². The summed E-state index contributed by atoms with van der Waals surface area (Å²) >= 11 is 4.25. The van der Waals surface area contributed by atoms with Crippen LogP contribution in [0.1, 0.15) is 13.3 Å². The fraction of sp³-hybridized carbons (Fsp3) is 0.375. The monoisotopic (exact) mass is 169 g/mol. The summed E-state index contributed by atoms with van der Waals surface area (Å²) in [5.74, 6) is -0.0292. The SMILES string of the molecule is CC(=O)NC1=CCC(S)C=C1. The molecule has 0 spiro atoms. The summed E-state index contributed by atoms with van der Waals surface area (Å²) in [6.07, 6.45) is 6.70. The zero-order valence-electron chi connectivity index (χ0n) is 6.37. The molecule has 0 aromatic rings. The maximum absolute atomic E-state index is 10.6. The van der Waals surface area contributed by atoms with Crippen molar-refractivity contribution >= 4 is 18.5 Å². The minimum absolute atomic E-state index is 0.0292. The maximum Gasteiger partial charge on any atom is 0.221 e. The maximum atomic E-state index is 10.6. The number of carbonyl (C=O) groups excluding carboxylic acids is 1. The molecule has 1 aliphatic rings. The standard InChI is InChI=1S/C8H11NOS/c1-6(10)9-7-2-4-8(11)5-3-7/h2-4,8,11H,5H2,1H3,(H,9,10). The van der Waals surface area contributed by atoms with E-state index in [0.29, 0.717) is 5.25 Å². The van der Waals surface area contributed by atoms with Gasteiger partial charge in [0.25, 0.3) is 0 Å². The summed E-state index contributed by atoms with van der Waals surface area (Å²) in [6, 6.07) is 0. The van der Waals surface area contributed by atoms with Crippen LogP contribution in [0.3, 0.4) is 0 Å². The molecule has 3 heteroatoms. The molecule has 1 atom stereocenters. The molecule has 0 saturated heterocycles. The molecule has 0 aromatic heterocycles. The summed E-state index contributed by atoms with van der Waals surface area (Å²) in [4.78, 5) is 10.6. The van der Waals surface area contributed by atoms with Crippen molar-refractivity contribution in [1.29, 1.82) is 0 Å². The summed E-state index contributed by atoms with van der Waals surface area (Å²) in [5.41, 5.74) is 0.878. The van der Waals surface area contributed by atoms with Crippen LogP contribution in [0.15, 0.2) is 23.9 Å². The van der Waals surface area contributed by atoms with Crippen LogP contribution < -0.4 is 5.32 Å². The van der Waals surface area contributed by atoms with Gasteiger partial charge in [-0.3, -0.25) is 4.79 Å². The lowest BCUT2D eigenvalue weighted by Gasteiger charge is -2.10. The molecule has 0 aromatic carbocycles. The van der Waals surface area contributed by atoms with Crippen molar-refractivity contribution in [2.24, 2.45) is 0 Å². The Morgan fingerprint density at radius 1 is 1.82 bits per heavy atom. The fourth-order valence-electron chi connectivity index (χ4n) is 0.905. The zero-order chi connectivity index (χ0) is 8.27. The van der Waals surface area contributed by atoms with E-state index in [1.807, 2.05) is 18.2 Å². The highest BCUT2D eigenvalue weighted by Crippen LogP contribution is 2.12. The van der Waals surface area contributed by atoms with Gasteiger partial charge < -0.3 is 5.32 Å². The summed E-state index contributed by atoms with van der Waals surface area (Å²) < 4.78 is 0. The highest BCUT2D eigenvalue weighted by Gasteiger charge is 2.03. The van der Waals surface area contributed by atoms with E-state index < -0.39 is 0 Å². The molecule has 0 heterocycles. The molecule has 0 fully saturated rings. The summed E-state index contributed by atoms with van der Waals surface area (Å²) in [5, 5.41) is 3.00. The second-order valence-electron chi connectivity index (χ2n) is 2.50. The molecule has 0 bridgehead atoms. The van der Waals surface area contributed by atoms with E-state index in [0.717, 1.165) is 12.1 Å². The number of amides is 1. The predicted octanol–water partition coefficient (Wildman–Crippen LogP) is 1.26. The van der Waals surface area contributed by atoms with Crippen molar-refractivity contribution in [2.75, 3.05) is 0 Å². The van der Waals surface area contributed by atoms with E-state index >= 15 is 0 Å². The van der Waals surface area contributed by atoms with Gasteiger partial charge in [0.1, 0.15) is 0 Å². The third kappa shape index (κ3) is 2.80. The number of rotatable bonds is 1. The number of hydrogen-bond donors (Lipinski definition) is 2. The Hall–Kier alpha value is -0.700. The van der Waals surface area contributed by atoms with Gasteiger partial charge in [0.15, 0.2) is 0 Å². The molecule has 0 aliphatic heterocycles. The highest BCUT2D eigenvalue weighted by molar-refractivity contribution is 7.81. The molecule has 2 nitrogen and oxygen atoms in total. The first-order valence-corrected chi connectivity index (χ1v) is 4.04. The lowest BCUT2D eigenvalue weighted by atomic mass is 10.1. The number of thiol groups is 1. The Labute approximate surface area is 71.8 Å². The normalized spacial score (nSPS) is 22.7. The largest absolute Gasteiger partial charge is 0.327 e. The third-order valence-electron chi connectivity index (χ3n) is 1.40. The first-order valence-electron chi connectivity index (χ1n) is 3.52. The molecule has 60 valence electrons. The van der Waals surface area contributed by atoms with Gasteiger partial charge in [-0.15, -0.1) is 0 Å². The lowest BCUT2D eigenvalue weighted by Crippen LogP contribution is -2.19. The van der Waals surface area contributed by atoms with Crippen molar-refractivity contribution in [3.8, 4) is 0 Å². The van der Waals surface area contributed by atoms with Crippen LogP contribution in [0.5, 0.6) is 0 Å². The Balaban J connectivity index is 2.50. The van der Waals surface area contributed by atoms with Gasteiger partial charge in [0, 0.05) is 17.9 Å². The van der Waals surface area contributed by atoms with E-state index in [9.17, 15) is 4.79 Å². The molecular formula is C8H11NOS. The third-order valence-corrected chi connectivity index (χ3v) is 1.78. The van der Waals surface area contributed by atoms with Gasteiger partial charge in [0.05, 0.1) is 0 Å². The average Bonchev–Trinajstić information content (AvgIpc) is 1.93. The highest BCUT2D eigenvalue weighted by atomic mass is 32.1. The van der Waals surface area contributed by atoms with Crippen LogP contribution in [-0.4, -0.2) is 11.2 Å². The number of nitrogens with one attached hydrogen (secondary N) is 1. The van der Waals surface area contributed by atoms with E-state index in [1.165, 1.54) is 6.92 Å². The lowest BCUT2D eigenvalue weighted by molar-refractivity contribution is -0.118. The van der Waals surface area contributed by atoms with E-state index in [2.05, 4.69) is 17.9 Å². The van der Waals surface area contributed by atoms with Crippen LogP contribution in [0.25, 0.3) is 0 Å². The van der Waals surface area contributed by atoms with Gasteiger partial charge in [-0.2, -0.15) is 12.6 Å². The van der Waals surface area contributed by atoms with E-state index in [4.69, 9.17) is 0 Å². The van der Waals surface area contributed by atoms with Gasteiger partial charge in [-0.25, -0.2) is 0 Å². The molecule has 0 radical (unpaired) electrons. The molecule has 1 aliphatic carbocycles. The van der Waals surface area contributed by atoms with Gasteiger partial charge in [-0.1, -0.05) is 12.2 Å². The van der Waals surface area contributed by atoms with Gasteiger partial charge in [0.2, 0.25) is 5.91 Å². The molecule has 11 heavy (non-hydrogen) atoms. The predicted molar refractivity (Wildman–Crippen MR) is 48.4 cm³/mol. The number of carbonyl (C=O) groups is 1. The Kier molecular flexibility index (Phi) is 2.76. The van der Waals surface area contributed by atoms with Crippen molar-refractivity contribution in [2.45, 2.75) is 18.6 Å². The first-order chi connectivity index (χ1) is 5.18. The second kappa shape index (κ2) is 3.62. The summed E-state index contributed by atoms with van der Waals surface area (Å²) in [6.45, 7) is 1.50. The van der Waals surface area contributed by atoms with E-state index in [1.54, 1.807) is 0 Å². The fourth-order valence-corrected chi connectivity index (χ4v) is 1.10. The minimum atomic E-state index is -0.0292. The molecule has 1 N–H and O–H groups in total. The molecular weight excluding hydrogens is 158 g/mol. The average molecular weight is 169 g/mol. The van der Waals surface area contributed by atoms with Crippen LogP contribution in [0, 0.1) is 0 Å². The van der Waals surface area contributed by atoms with Crippen molar-refractivity contribution in [3.63, 3.8) is 0 Å². The molecule has 1 amide bonds. The zero-order valence-corrected chi connectivity index (χ0v) is 7.27. The van der Waals surface area contributed by atoms with Crippen LogP contribution in [-0.2, 0) is 4.79 Å². The van der Waals surface area contributed by atoms with Crippen molar-refractivity contribution in [1.82, 2.24) is 5.32 Å². The van der Waals surface area contributed by atoms with E-state index in [-0.39, 0.29) is 5.91 Å². The summed E-state index contributed by atoms with van der Waals surface area (Å²) in [7, 11) is 0. The first kappa shape index (κ1) is 8.40.